The summed E-state index contributed by atoms with van der Waals surface area (Å²) in [4.78, 5) is 11.8. The Balaban J connectivity index is 1.74. The van der Waals surface area contributed by atoms with Crippen molar-refractivity contribution in [1.82, 2.24) is 15.1 Å². The number of rotatable bonds is 8. The van der Waals surface area contributed by atoms with Gasteiger partial charge in [0.2, 0.25) is 15.9 Å². The van der Waals surface area contributed by atoms with Crippen LogP contribution in [0, 0.1) is 0 Å². The third-order valence-electron chi connectivity index (χ3n) is 3.34. The molecule has 7 nitrogen and oxygen atoms in total. The van der Waals surface area contributed by atoms with Crippen molar-refractivity contribution in [2.45, 2.75) is 12.8 Å². The molecule has 1 heterocycles. The second-order valence-electron chi connectivity index (χ2n) is 5.75. The van der Waals surface area contributed by atoms with Gasteiger partial charge in [-0.15, -0.1) is 0 Å². The van der Waals surface area contributed by atoms with Gasteiger partial charge in [-0.2, -0.15) is 5.10 Å². The number of carbonyl (C=O) groups excluding carboxylic acids is 1. The molecular weight excluding hydrogens is 340 g/mol. The first kappa shape index (κ1) is 18.7. The second kappa shape index (κ2) is 8.48. The van der Waals surface area contributed by atoms with Gasteiger partial charge >= 0.3 is 0 Å². The van der Waals surface area contributed by atoms with E-state index in [0.29, 0.717) is 12.2 Å². The average Bonchev–Trinajstić information content (AvgIpc) is 2.95. The quantitative estimate of drug-likeness (QED) is 0.550. The van der Waals surface area contributed by atoms with Gasteiger partial charge in [0.15, 0.2) is 0 Å². The Morgan fingerprint density at radius 2 is 2.00 bits per heavy atom. The van der Waals surface area contributed by atoms with Crippen molar-refractivity contribution in [2.75, 3.05) is 17.5 Å². The summed E-state index contributed by atoms with van der Waals surface area (Å²) in [6, 6.07) is 6.76. The maximum atomic E-state index is 11.8. The highest BCUT2D eigenvalue weighted by molar-refractivity contribution is 7.92. The molecule has 0 spiro atoms. The average molecular weight is 362 g/mol. The Morgan fingerprint density at radius 1 is 1.28 bits per heavy atom. The predicted octanol–water partition coefficient (Wildman–Crippen LogP) is 1.55. The van der Waals surface area contributed by atoms with Crippen LogP contribution >= 0.6 is 0 Å². The molecule has 134 valence electrons. The Morgan fingerprint density at radius 3 is 2.60 bits per heavy atom. The van der Waals surface area contributed by atoms with Crippen molar-refractivity contribution < 1.29 is 13.2 Å². The Bertz CT molecular complexity index is 839. The molecule has 2 N–H and O–H groups in total. The monoisotopic (exact) mass is 362 g/mol. The van der Waals surface area contributed by atoms with Crippen molar-refractivity contribution in [2.24, 2.45) is 7.05 Å². The second-order valence-corrected chi connectivity index (χ2v) is 7.49. The SMILES string of the molecule is Cn1cc(CCCNC(=O)/C=C/c2ccc(NS(C)(=O)=O)cc2)cn1. The largest absolute Gasteiger partial charge is 0.353 e. The van der Waals surface area contributed by atoms with Gasteiger partial charge in [-0.3, -0.25) is 14.2 Å². The fourth-order valence-electron chi connectivity index (χ4n) is 2.21. The summed E-state index contributed by atoms with van der Waals surface area (Å²) in [7, 11) is -1.41. The van der Waals surface area contributed by atoms with Gasteiger partial charge in [0.1, 0.15) is 0 Å². The van der Waals surface area contributed by atoms with E-state index in [4.69, 9.17) is 0 Å². The highest BCUT2D eigenvalue weighted by atomic mass is 32.2. The van der Waals surface area contributed by atoms with Crippen molar-refractivity contribution in [3.63, 3.8) is 0 Å². The van der Waals surface area contributed by atoms with E-state index >= 15 is 0 Å². The van der Waals surface area contributed by atoms with Crippen LogP contribution in [-0.2, 0) is 28.3 Å². The summed E-state index contributed by atoms with van der Waals surface area (Å²) in [6.07, 6.45) is 9.74. The van der Waals surface area contributed by atoms with Gasteiger partial charge in [-0.25, -0.2) is 8.42 Å². The Labute approximate surface area is 147 Å². The predicted molar refractivity (Wildman–Crippen MR) is 98.5 cm³/mol. The summed E-state index contributed by atoms with van der Waals surface area (Å²) < 4.78 is 26.4. The summed E-state index contributed by atoms with van der Waals surface area (Å²) in [6.45, 7) is 0.593. The van der Waals surface area contributed by atoms with E-state index < -0.39 is 10.0 Å². The van der Waals surface area contributed by atoms with E-state index in [1.807, 2.05) is 19.4 Å². The highest BCUT2D eigenvalue weighted by Crippen LogP contribution is 2.11. The van der Waals surface area contributed by atoms with Gasteiger partial charge in [0.25, 0.3) is 0 Å². The van der Waals surface area contributed by atoms with E-state index in [1.165, 1.54) is 6.08 Å². The van der Waals surface area contributed by atoms with E-state index in [2.05, 4.69) is 15.1 Å². The standard InChI is InChI=1S/C17H22N4O3S/c1-21-13-15(12-19-21)4-3-11-18-17(22)10-7-14-5-8-16(9-6-14)20-25(2,23)24/h5-10,12-13,20H,3-4,11H2,1-2H3,(H,18,22)/b10-7+. The molecule has 0 aliphatic rings. The van der Waals surface area contributed by atoms with Crippen LogP contribution in [0.2, 0.25) is 0 Å². The summed E-state index contributed by atoms with van der Waals surface area (Å²) >= 11 is 0. The van der Waals surface area contributed by atoms with Crippen LogP contribution in [0.15, 0.2) is 42.7 Å². The van der Waals surface area contributed by atoms with Gasteiger partial charge in [0, 0.05) is 31.6 Å². The summed E-state index contributed by atoms with van der Waals surface area (Å²) in [5.41, 5.74) is 2.44. The molecule has 8 heteroatoms. The molecule has 0 fully saturated rings. The smallest absolute Gasteiger partial charge is 0.243 e. The lowest BCUT2D eigenvalue weighted by Crippen LogP contribution is -2.22. The number of carbonyl (C=O) groups is 1. The number of aromatic nitrogens is 2. The molecular formula is C17H22N4O3S. The number of amides is 1. The number of hydrogen-bond acceptors (Lipinski definition) is 4. The molecule has 0 aliphatic heterocycles. The first-order valence-electron chi connectivity index (χ1n) is 7.83. The lowest BCUT2D eigenvalue weighted by atomic mass is 10.2. The molecule has 1 amide bonds. The van der Waals surface area contributed by atoms with E-state index in [-0.39, 0.29) is 5.91 Å². The number of hydrogen-bond donors (Lipinski definition) is 2. The molecule has 0 saturated carbocycles. The number of nitrogens with zero attached hydrogens (tertiary/aromatic N) is 2. The third-order valence-corrected chi connectivity index (χ3v) is 3.95. The molecule has 0 aliphatic carbocycles. The molecule has 25 heavy (non-hydrogen) atoms. The van der Waals surface area contributed by atoms with Gasteiger partial charge < -0.3 is 5.32 Å². The zero-order valence-electron chi connectivity index (χ0n) is 14.3. The molecule has 2 rings (SSSR count). The molecule has 1 aromatic carbocycles. The van der Waals surface area contributed by atoms with Crippen LogP contribution in [0.3, 0.4) is 0 Å². The van der Waals surface area contributed by atoms with Gasteiger partial charge in [0.05, 0.1) is 12.5 Å². The van der Waals surface area contributed by atoms with Gasteiger partial charge in [-0.1, -0.05) is 12.1 Å². The van der Waals surface area contributed by atoms with Crippen LogP contribution in [0.5, 0.6) is 0 Å². The first-order valence-corrected chi connectivity index (χ1v) is 9.72. The van der Waals surface area contributed by atoms with E-state index in [1.54, 1.807) is 35.0 Å². The van der Waals surface area contributed by atoms with E-state index in [9.17, 15) is 13.2 Å². The maximum absolute atomic E-state index is 11.8. The van der Waals surface area contributed by atoms with Crippen LogP contribution in [0.25, 0.3) is 6.08 Å². The fourth-order valence-corrected chi connectivity index (χ4v) is 2.78. The number of nitrogens with one attached hydrogen (secondary N) is 2. The first-order chi connectivity index (χ1) is 11.8. The topological polar surface area (TPSA) is 93.1 Å². The van der Waals surface area contributed by atoms with Crippen molar-refractivity contribution in [3.8, 4) is 0 Å². The fraction of sp³-hybridized carbons (Fsp3) is 0.294. The van der Waals surface area contributed by atoms with Crippen molar-refractivity contribution in [3.05, 3.63) is 53.9 Å². The minimum absolute atomic E-state index is 0.162. The Hall–Kier alpha value is -2.61. The molecule has 0 bridgehead atoms. The number of aryl methyl sites for hydroxylation is 2. The zero-order valence-corrected chi connectivity index (χ0v) is 15.1. The minimum atomic E-state index is -3.28. The maximum Gasteiger partial charge on any atom is 0.243 e. The normalized spacial score (nSPS) is 11.6. The van der Waals surface area contributed by atoms with Crippen LogP contribution in [-0.4, -0.2) is 36.9 Å². The lowest BCUT2D eigenvalue weighted by molar-refractivity contribution is -0.116. The lowest BCUT2D eigenvalue weighted by Gasteiger charge is -2.03. The highest BCUT2D eigenvalue weighted by Gasteiger charge is 2.01. The van der Waals surface area contributed by atoms with Crippen LogP contribution in [0.1, 0.15) is 17.5 Å². The summed E-state index contributed by atoms with van der Waals surface area (Å²) in [5.74, 6) is -0.162. The van der Waals surface area contributed by atoms with Crippen LogP contribution < -0.4 is 10.0 Å². The van der Waals surface area contributed by atoms with Crippen LogP contribution in [0.4, 0.5) is 5.69 Å². The number of sulfonamides is 1. The molecule has 0 saturated heterocycles. The minimum Gasteiger partial charge on any atom is -0.353 e. The Kier molecular flexibility index (Phi) is 6.35. The molecule has 2 aromatic rings. The number of anilines is 1. The molecule has 0 unspecified atom stereocenters. The zero-order chi connectivity index (χ0) is 18.3. The van der Waals surface area contributed by atoms with E-state index in [0.717, 1.165) is 30.2 Å². The molecule has 0 radical (unpaired) electrons. The molecule has 1 aromatic heterocycles. The van der Waals surface area contributed by atoms with Crippen molar-refractivity contribution >= 4 is 27.7 Å². The third kappa shape index (κ3) is 7.21. The number of benzene rings is 1. The summed E-state index contributed by atoms with van der Waals surface area (Å²) in [5, 5.41) is 6.93. The van der Waals surface area contributed by atoms with Crippen molar-refractivity contribution in [1.29, 1.82) is 0 Å². The van der Waals surface area contributed by atoms with Gasteiger partial charge in [-0.05, 0) is 42.2 Å². The molecule has 0 atom stereocenters.